The molecule has 0 fully saturated rings. The van der Waals surface area contributed by atoms with Crippen LogP contribution in [0.25, 0.3) is 0 Å². The monoisotopic (exact) mass is 402 g/mol. The van der Waals surface area contributed by atoms with Crippen LogP contribution in [0, 0.1) is 0 Å². The van der Waals surface area contributed by atoms with Crippen LogP contribution in [-0.2, 0) is 4.79 Å². The number of aliphatic carboxylic acids is 1. The molecule has 0 heterocycles. The molecule has 0 unspecified atom stereocenters. The summed E-state index contributed by atoms with van der Waals surface area (Å²) in [6, 6.07) is 11.7. The Kier molecular flexibility index (Phi) is 6.99. The maximum Gasteiger partial charge on any atom is 0.313 e. The Balaban J connectivity index is 2.21. The van der Waals surface area contributed by atoms with Crippen molar-refractivity contribution in [2.45, 2.75) is 11.7 Å². The average Bonchev–Trinajstić information content (AvgIpc) is 2.54. The second kappa shape index (κ2) is 8.77. The second-order valence-corrected chi connectivity index (χ2v) is 7.44. The van der Waals surface area contributed by atoms with Gasteiger partial charge >= 0.3 is 5.97 Å². The highest BCUT2D eigenvalue weighted by Crippen LogP contribution is 2.36. The Labute approximate surface area is 158 Å². The van der Waals surface area contributed by atoms with E-state index in [1.54, 1.807) is 42.5 Å². The number of carbonyl (C=O) groups is 2. The van der Waals surface area contributed by atoms with Crippen molar-refractivity contribution in [3.05, 3.63) is 68.7 Å². The van der Waals surface area contributed by atoms with Gasteiger partial charge in [-0.3, -0.25) is 9.59 Å². The van der Waals surface area contributed by atoms with Gasteiger partial charge in [0.15, 0.2) is 5.78 Å². The van der Waals surface area contributed by atoms with Crippen molar-refractivity contribution in [2.75, 3.05) is 5.75 Å². The van der Waals surface area contributed by atoms with Crippen LogP contribution < -0.4 is 0 Å². The van der Waals surface area contributed by atoms with E-state index < -0.39 is 5.97 Å². The van der Waals surface area contributed by atoms with Crippen LogP contribution in [0.5, 0.6) is 0 Å². The van der Waals surface area contributed by atoms with Crippen molar-refractivity contribution in [1.29, 1.82) is 0 Å². The van der Waals surface area contributed by atoms with Gasteiger partial charge in [-0.15, -0.1) is 11.8 Å². The fourth-order valence-electron chi connectivity index (χ4n) is 2.08. The Morgan fingerprint density at radius 1 is 1.00 bits per heavy atom. The van der Waals surface area contributed by atoms with E-state index in [1.807, 2.05) is 0 Å². The number of carbonyl (C=O) groups excluding carboxylic acids is 1. The Bertz CT molecular complexity index is 747. The highest BCUT2D eigenvalue weighted by Gasteiger charge is 2.20. The molecule has 0 aliphatic rings. The molecule has 0 radical (unpaired) electrons. The number of hydrogen-bond acceptors (Lipinski definition) is 3. The van der Waals surface area contributed by atoms with Crippen LogP contribution in [0.3, 0.4) is 0 Å². The summed E-state index contributed by atoms with van der Waals surface area (Å²) in [6.45, 7) is 0. The average molecular weight is 404 g/mol. The number of hydrogen-bond donors (Lipinski definition) is 1. The SMILES string of the molecule is O=C(O)CS[C@H](CC(=O)c1ccc(Cl)cc1)c1ccc(Cl)c(Cl)c1. The van der Waals surface area contributed by atoms with Gasteiger partial charge in [0, 0.05) is 22.3 Å². The minimum Gasteiger partial charge on any atom is -0.481 e. The molecular formula is C17H13Cl3O3S. The largest absolute Gasteiger partial charge is 0.481 e. The molecule has 0 aromatic heterocycles. The van der Waals surface area contributed by atoms with E-state index in [4.69, 9.17) is 39.9 Å². The van der Waals surface area contributed by atoms with Crippen LogP contribution in [-0.4, -0.2) is 22.6 Å². The number of carboxylic acid groups (broad SMARTS) is 1. The van der Waals surface area contributed by atoms with Crippen molar-refractivity contribution in [2.24, 2.45) is 0 Å². The smallest absolute Gasteiger partial charge is 0.313 e. The third kappa shape index (κ3) is 5.42. The standard InChI is InChI=1S/C17H13Cl3O3S/c18-12-4-1-10(2-5-12)15(21)8-16(24-9-17(22)23)11-3-6-13(19)14(20)7-11/h1-7,16H,8-9H2,(H,22,23)/t16-/m1/s1. The molecule has 2 aromatic carbocycles. The first-order valence-corrected chi connectivity index (χ1v) is 9.12. The fourth-order valence-corrected chi connectivity index (χ4v) is 3.46. The van der Waals surface area contributed by atoms with Crippen LogP contribution >= 0.6 is 46.6 Å². The lowest BCUT2D eigenvalue weighted by molar-refractivity contribution is -0.133. The van der Waals surface area contributed by atoms with Gasteiger partial charge in [0.2, 0.25) is 0 Å². The van der Waals surface area contributed by atoms with Crippen molar-refractivity contribution in [3.63, 3.8) is 0 Å². The van der Waals surface area contributed by atoms with Crippen LogP contribution in [0.2, 0.25) is 15.1 Å². The number of ketones is 1. The molecule has 0 aliphatic carbocycles. The van der Waals surface area contributed by atoms with Gasteiger partial charge in [0.25, 0.3) is 0 Å². The summed E-state index contributed by atoms with van der Waals surface area (Å²) in [5, 5.41) is 9.91. The third-order valence-corrected chi connectivity index (χ3v) is 5.51. The first-order valence-electron chi connectivity index (χ1n) is 6.94. The van der Waals surface area contributed by atoms with Gasteiger partial charge in [0.1, 0.15) is 0 Å². The number of thioether (sulfide) groups is 1. The van der Waals surface area contributed by atoms with E-state index in [0.717, 1.165) is 5.56 Å². The molecule has 0 aliphatic heterocycles. The Morgan fingerprint density at radius 2 is 1.67 bits per heavy atom. The van der Waals surface area contributed by atoms with E-state index in [1.165, 1.54) is 11.8 Å². The molecule has 126 valence electrons. The normalized spacial score (nSPS) is 12.0. The van der Waals surface area contributed by atoms with Gasteiger partial charge in [-0.2, -0.15) is 0 Å². The quantitative estimate of drug-likeness (QED) is 0.595. The van der Waals surface area contributed by atoms with E-state index in [-0.39, 0.29) is 23.2 Å². The Hall–Kier alpha value is -1.20. The zero-order chi connectivity index (χ0) is 17.7. The van der Waals surface area contributed by atoms with Crippen LogP contribution in [0.4, 0.5) is 0 Å². The number of benzene rings is 2. The topological polar surface area (TPSA) is 54.4 Å². The molecule has 0 saturated heterocycles. The van der Waals surface area contributed by atoms with Crippen LogP contribution in [0.15, 0.2) is 42.5 Å². The number of rotatable bonds is 7. The lowest BCUT2D eigenvalue weighted by Crippen LogP contribution is -2.08. The molecule has 2 rings (SSSR count). The predicted octanol–water partition coefficient (Wildman–Crippen LogP) is 5.78. The van der Waals surface area contributed by atoms with Gasteiger partial charge < -0.3 is 5.11 Å². The van der Waals surface area contributed by atoms with Gasteiger partial charge in [-0.05, 0) is 42.0 Å². The summed E-state index contributed by atoms with van der Waals surface area (Å²) in [4.78, 5) is 23.4. The summed E-state index contributed by atoms with van der Waals surface area (Å²) in [5.74, 6) is -1.15. The summed E-state index contributed by atoms with van der Waals surface area (Å²) < 4.78 is 0. The van der Waals surface area contributed by atoms with E-state index in [0.29, 0.717) is 20.6 Å². The Morgan fingerprint density at radius 3 is 2.25 bits per heavy atom. The van der Waals surface area contributed by atoms with E-state index in [9.17, 15) is 9.59 Å². The maximum absolute atomic E-state index is 12.5. The first-order chi connectivity index (χ1) is 11.4. The number of halogens is 3. The highest BCUT2D eigenvalue weighted by molar-refractivity contribution is 8.00. The molecule has 7 heteroatoms. The lowest BCUT2D eigenvalue weighted by atomic mass is 10.0. The maximum atomic E-state index is 12.5. The van der Waals surface area contributed by atoms with Crippen molar-refractivity contribution in [1.82, 2.24) is 0 Å². The summed E-state index contributed by atoms with van der Waals surface area (Å²) in [5.41, 5.74) is 1.29. The molecule has 3 nitrogen and oxygen atoms in total. The molecule has 0 amide bonds. The molecule has 24 heavy (non-hydrogen) atoms. The highest BCUT2D eigenvalue weighted by atomic mass is 35.5. The van der Waals surface area contributed by atoms with E-state index in [2.05, 4.69) is 0 Å². The predicted molar refractivity (Wildman–Crippen MR) is 99.7 cm³/mol. The van der Waals surface area contributed by atoms with Gasteiger partial charge in [-0.1, -0.05) is 40.9 Å². The zero-order valence-electron chi connectivity index (χ0n) is 12.3. The molecule has 0 bridgehead atoms. The third-order valence-electron chi connectivity index (χ3n) is 3.26. The lowest BCUT2D eigenvalue weighted by Gasteiger charge is -2.16. The van der Waals surface area contributed by atoms with Crippen molar-refractivity contribution >= 4 is 58.3 Å². The fraction of sp³-hybridized carbons (Fsp3) is 0.176. The summed E-state index contributed by atoms with van der Waals surface area (Å²) in [6.07, 6.45) is 0.150. The molecule has 2 aromatic rings. The zero-order valence-corrected chi connectivity index (χ0v) is 15.4. The van der Waals surface area contributed by atoms with Gasteiger partial charge in [0.05, 0.1) is 15.8 Å². The van der Waals surface area contributed by atoms with Crippen molar-refractivity contribution in [3.8, 4) is 0 Å². The summed E-state index contributed by atoms with van der Waals surface area (Å²) >= 11 is 19.0. The second-order valence-electron chi connectivity index (χ2n) is 5.00. The number of carboxylic acids is 1. The molecule has 1 atom stereocenters. The number of Topliss-reactive ketones (excluding diaryl/α,β-unsaturated/α-hetero) is 1. The first kappa shape index (κ1) is 19.1. The molecule has 0 saturated carbocycles. The minimum atomic E-state index is -0.941. The minimum absolute atomic E-state index is 0.0966. The summed E-state index contributed by atoms with van der Waals surface area (Å²) in [7, 11) is 0. The van der Waals surface area contributed by atoms with Crippen LogP contribution in [0.1, 0.15) is 27.6 Å². The molecule has 0 spiro atoms. The molecular weight excluding hydrogens is 391 g/mol. The van der Waals surface area contributed by atoms with E-state index >= 15 is 0 Å². The van der Waals surface area contributed by atoms with Crippen molar-refractivity contribution < 1.29 is 14.7 Å². The van der Waals surface area contributed by atoms with Gasteiger partial charge in [-0.25, -0.2) is 0 Å². The molecule has 1 N–H and O–H groups in total.